The van der Waals surface area contributed by atoms with E-state index in [1.807, 2.05) is 45.0 Å². The van der Waals surface area contributed by atoms with E-state index in [-0.39, 0.29) is 17.3 Å². The third-order valence-corrected chi connectivity index (χ3v) is 8.12. The smallest absolute Gasteiger partial charge is 0.267 e. The number of nitrogens with one attached hydrogen (secondary N) is 1. The number of sulfonamides is 1. The summed E-state index contributed by atoms with van der Waals surface area (Å²) < 4.78 is 28.7. The van der Waals surface area contributed by atoms with E-state index in [9.17, 15) is 13.2 Å². The molecular weight excluding hydrogens is 518 g/mol. The molecule has 0 unspecified atom stereocenters. The summed E-state index contributed by atoms with van der Waals surface area (Å²) in [5.41, 5.74) is 7.71. The molecule has 4 aromatic rings. The molecule has 0 atom stereocenters. The minimum absolute atomic E-state index is 0.0605. The number of rotatable bonds is 8. The average molecular weight is 546 g/mol. The lowest BCUT2D eigenvalue weighted by molar-refractivity contribution is 0.0955. The Bertz CT molecular complexity index is 1570. The highest BCUT2D eigenvalue weighted by molar-refractivity contribution is 7.92. The van der Waals surface area contributed by atoms with Crippen LogP contribution < -0.4 is 9.73 Å². The number of anilines is 1. The molecule has 0 radical (unpaired) electrons. The molecule has 38 heavy (non-hydrogen) atoms. The highest BCUT2D eigenvalue weighted by atomic mass is 35.5. The van der Waals surface area contributed by atoms with Gasteiger partial charge in [0.05, 0.1) is 22.8 Å². The largest absolute Gasteiger partial charge is 0.271 e. The van der Waals surface area contributed by atoms with E-state index in [2.05, 4.69) is 10.5 Å². The van der Waals surface area contributed by atoms with Crippen LogP contribution in [0.3, 0.4) is 0 Å². The fourth-order valence-corrected chi connectivity index (χ4v) is 5.55. The van der Waals surface area contributed by atoms with Gasteiger partial charge in [0.2, 0.25) is 0 Å². The lowest BCUT2D eigenvalue weighted by Gasteiger charge is -2.26. The van der Waals surface area contributed by atoms with Gasteiger partial charge in [-0.2, -0.15) is 5.10 Å². The van der Waals surface area contributed by atoms with Crippen molar-refractivity contribution in [3.63, 3.8) is 0 Å². The first-order valence-corrected chi connectivity index (χ1v) is 13.8. The summed E-state index contributed by atoms with van der Waals surface area (Å²) in [7, 11) is -3.89. The van der Waals surface area contributed by atoms with Crippen LogP contribution in [0.1, 0.15) is 39.5 Å². The summed E-state index contributed by atoms with van der Waals surface area (Å²) in [5, 5.41) is 4.65. The summed E-state index contributed by atoms with van der Waals surface area (Å²) in [4.78, 5) is 12.9. The van der Waals surface area contributed by atoms with Crippen LogP contribution in [0.2, 0.25) is 5.02 Å². The van der Waals surface area contributed by atoms with Crippen molar-refractivity contribution in [2.45, 2.75) is 32.2 Å². The molecule has 8 heteroatoms. The Balaban J connectivity index is 1.57. The predicted octanol–water partition coefficient (Wildman–Crippen LogP) is 6.51. The molecule has 0 aliphatic carbocycles. The Morgan fingerprint density at radius 2 is 1.50 bits per heavy atom. The van der Waals surface area contributed by atoms with Gasteiger partial charge in [-0.15, -0.1) is 0 Å². The highest BCUT2D eigenvalue weighted by Crippen LogP contribution is 2.31. The number of carbonyl (C=O) groups is 1. The van der Waals surface area contributed by atoms with Crippen molar-refractivity contribution < 1.29 is 13.2 Å². The summed E-state index contributed by atoms with van der Waals surface area (Å²) in [6, 6.07) is 28.1. The van der Waals surface area contributed by atoms with Crippen LogP contribution in [-0.4, -0.2) is 20.0 Å². The van der Waals surface area contributed by atoms with Crippen LogP contribution >= 0.6 is 11.6 Å². The van der Waals surface area contributed by atoms with E-state index >= 15 is 0 Å². The van der Waals surface area contributed by atoms with E-state index in [0.29, 0.717) is 27.5 Å². The second-order valence-corrected chi connectivity index (χ2v) is 11.3. The number of hydrazone groups is 1. The zero-order chi connectivity index (χ0) is 27.3. The fraction of sp³-hybridized carbons (Fsp3) is 0.133. The number of benzene rings is 4. The number of hydrogen-bond acceptors (Lipinski definition) is 4. The van der Waals surface area contributed by atoms with Gasteiger partial charge in [-0.1, -0.05) is 77.8 Å². The standard InChI is InChI=1S/C30H28ClN3O3S/c1-21-9-14-25(15-10-21)23(3)32-33-30(35)26-16-12-24(13-17-26)20-34(29-19-27(31)18-11-22(29)2)38(36,37)28-7-5-4-6-8-28/h4-19H,20H2,1-3H3,(H,33,35)/b32-23-. The third kappa shape index (κ3) is 6.30. The van der Waals surface area contributed by atoms with Gasteiger partial charge >= 0.3 is 0 Å². The van der Waals surface area contributed by atoms with Gasteiger partial charge < -0.3 is 0 Å². The second kappa shape index (κ2) is 11.6. The minimum Gasteiger partial charge on any atom is -0.267 e. The second-order valence-electron chi connectivity index (χ2n) is 8.96. The van der Waals surface area contributed by atoms with Crippen LogP contribution in [0, 0.1) is 13.8 Å². The van der Waals surface area contributed by atoms with Crippen molar-refractivity contribution in [3.05, 3.63) is 130 Å². The molecule has 0 aliphatic rings. The summed E-state index contributed by atoms with van der Waals surface area (Å²) >= 11 is 6.24. The fourth-order valence-electron chi connectivity index (χ4n) is 3.86. The predicted molar refractivity (Wildman–Crippen MR) is 153 cm³/mol. The first-order chi connectivity index (χ1) is 18.1. The molecule has 0 spiro atoms. The Hall–Kier alpha value is -3.94. The van der Waals surface area contributed by atoms with Gasteiger partial charge in [-0.25, -0.2) is 13.8 Å². The van der Waals surface area contributed by atoms with E-state index in [1.165, 1.54) is 4.31 Å². The van der Waals surface area contributed by atoms with Gasteiger partial charge in [0.1, 0.15) is 0 Å². The molecule has 1 N–H and O–H groups in total. The molecule has 4 rings (SSSR count). The van der Waals surface area contributed by atoms with Crippen LogP contribution in [-0.2, 0) is 16.6 Å². The van der Waals surface area contributed by atoms with E-state index < -0.39 is 10.0 Å². The quantitative estimate of drug-likeness (QED) is 0.202. The van der Waals surface area contributed by atoms with Gasteiger partial charge in [0.25, 0.3) is 15.9 Å². The third-order valence-electron chi connectivity index (χ3n) is 6.11. The molecule has 1 amide bonds. The van der Waals surface area contributed by atoms with Gasteiger partial charge in [0.15, 0.2) is 0 Å². The normalized spacial score (nSPS) is 11.7. The number of hydrogen-bond donors (Lipinski definition) is 1. The number of amides is 1. The molecule has 0 bridgehead atoms. The molecule has 0 heterocycles. The maximum Gasteiger partial charge on any atom is 0.271 e. The molecule has 0 aromatic heterocycles. The van der Waals surface area contributed by atoms with Crippen molar-refractivity contribution in [1.29, 1.82) is 0 Å². The lowest BCUT2D eigenvalue weighted by atomic mass is 10.1. The molecule has 6 nitrogen and oxygen atoms in total. The number of nitrogens with zero attached hydrogens (tertiary/aromatic N) is 2. The molecule has 194 valence electrons. The maximum atomic E-state index is 13.7. The van der Waals surface area contributed by atoms with E-state index in [1.54, 1.807) is 72.8 Å². The minimum atomic E-state index is -3.89. The zero-order valence-electron chi connectivity index (χ0n) is 21.4. The van der Waals surface area contributed by atoms with Crippen LogP contribution in [0.4, 0.5) is 5.69 Å². The first kappa shape index (κ1) is 27.1. The molecule has 0 aliphatic heterocycles. The summed E-state index contributed by atoms with van der Waals surface area (Å²) in [6.45, 7) is 5.73. The Morgan fingerprint density at radius 3 is 2.16 bits per heavy atom. The van der Waals surface area contributed by atoms with Crippen molar-refractivity contribution >= 4 is 38.9 Å². The van der Waals surface area contributed by atoms with Crippen LogP contribution in [0.5, 0.6) is 0 Å². The molecule has 0 saturated carbocycles. The van der Waals surface area contributed by atoms with Crippen molar-refractivity contribution in [3.8, 4) is 0 Å². The highest BCUT2D eigenvalue weighted by Gasteiger charge is 2.26. The Kier molecular flexibility index (Phi) is 8.29. The number of aryl methyl sites for hydroxylation is 2. The lowest BCUT2D eigenvalue weighted by Crippen LogP contribution is -2.31. The van der Waals surface area contributed by atoms with Crippen LogP contribution in [0.25, 0.3) is 0 Å². The van der Waals surface area contributed by atoms with Crippen molar-refractivity contribution in [2.75, 3.05) is 4.31 Å². The van der Waals surface area contributed by atoms with Gasteiger partial charge in [-0.05, 0) is 73.9 Å². The topological polar surface area (TPSA) is 78.8 Å². The molecular formula is C30H28ClN3O3S. The summed E-state index contributed by atoms with van der Waals surface area (Å²) in [5.74, 6) is -0.359. The van der Waals surface area contributed by atoms with Crippen LogP contribution in [0.15, 0.2) is 107 Å². The maximum absolute atomic E-state index is 13.7. The number of halogens is 1. The van der Waals surface area contributed by atoms with Crippen molar-refractivity contribution in [1.82, 2.24) is 5.43 Å². The molecule has 4 aromatic carbocycles. The first-order valence-electron chi connectivity index (χ1n) is 12.0. The molecule has 0 fully saturated rings. The SMILES string of the molecule is C/C(=N/NC(=O)c1ccc(CN(c2cc(Cl)ccc2C)S(=O)(=O)c2ccccc2)cc1)c1ccc(C)cc1. The Morgan fingerprint density at radius 1 is 0.868 bits per heavy atom. The zero-order valence-corrected chi connectivity index (χ0v) is 22.9. The monoisotopic (exact) mass is 545 g/mol. The van der Waals surface area contributed by atoms with Gasteiger partial charge in [0, 0.05) is 10.6 Å². The van der Waals surface area contributed by atoms with E-state index in [4.69, 9.17) is 11.6 Å². The summed E-state index contributed by atoms with van der Waals surface area (Å²) in [6.07, 6.45) is 0. The molecule has 0 saturated heterocycles. The number of carbonyl (C=O) groups excluding carboxylic acids is 1. The van der Waals surface area contributed by atoms with Crippen molar-refractivity contribution in [2.24, 2.45) is 5.10 Å². The average Bonchev–Trinajstić information content (AvgIpc) is 2.92. The Labute approximate surface area is 228 Å². The van der Waals surface area contributed by atoms with E-state index in [0.717, 1.165) is 16.7 Å². The van der Waals surface area contributed by atoms with Gasteiger partial charge in [-0.3, -0.25) is 9.10 Å².